The van der Waals surface area contributed by atoms with Gasteiger partial charge in [-0.25, -0.2) is 4.39 Å². The Bertz CT molecular complexity index is 557. The first-order valence-electron chi connectivity index (χ1n) is 6.69. The van der Waals surface area contributed by atoms with Crippen molar-refractivity contribution in [2.75, 3.05) is 26.2 Å². The van der Waals surface area contributed by atoms with Crippen LogP contribution in [-0.4, -0.2) is 53.8 Å². The second-order valence-corrected chi connectivity index (χ2v) is 5.47. The quantitative estimate of drug-likeness (QED) is 0.889. The zero-order valence-electron chi connectivity index (χ0n) is 11.7. The number of carbonyl (C=O) groups is 2. The van der Waals surface area contributed by atoms with Crippen LogP contribution in [0.1, 0.15) is 17.3 Å². The van der Waals surface area contributed by atoms with Crippen LogP contribution >= 0.6 is 11.6 Å². The second-order valence-electron chi connectivity index (χ2n) is 5.03. The van der Waals surface area contributed by atoms with Crippen LogP contribution in [0.25, 0.3) is 0 Å². The van der Waals surface area contributed by atoms with Crippen molar-refractivity contribution in [3.05, 3.63) is 34.6 Å². The normalized spacial score (nSPS) is 16.8. The van der Waals surface area contributed by atoms with Crippen LogP contribution in [0.3, 0.4) is 0 Å². The van der Waals surface area contributed by atoms with Crippen molar-refractivity contribution in [2.45, 2.75) is 13.0 Å². The standard InChI is InChI=1S/C14H17ClFN3O2/c1-9(17)13(20)18-4-6-19(7-5-18)14(21)11-3-2-10(15)8-12(11)16/h2-3,8-9H,4-7,17H2,1H3/t9-/m1/s1. The summed E-state index contributed by atoms with van der Waals surface area (Å²) in [6, 6.07) is 3.42. The lowest BCUT2D eigenvalue weighted by Crippen LogP contribution is -2.53. The van der Waals surface area contributed by atoms with Crippen molar-refractivity contribution in [1.29, 1.82) is 0 Å². The summed E-state index contributed by atoms with van der Waals surface area (Å²) in [7, 11) is 0. The molecule has 0 spiro atoms. The summed E-state index contributed by atoms with van der Waals surface area (Å²) in [4.78, 5) is 27.2. The lowest BCUT2D eigenvalue weighted by atomic mass is 10.1. The van der Waals surface area contributed by atoms with Crippen molar-refractivity contribution in [2.24, 2.45) is 5.73 Å². The molecule has 1 heterocycles. The van der Waals surface area contributed by atoms with Gasteiger partial charge in [0.1, 0.15) is 5.82 Å². The second kappa shape index (κ2) is 6.41. The van der Waals surface area contributed by atoms with Crippen molar-refractivity contribution >= 4 is 23.4 Å². The van der Waals surface area contributed by atoms with E-state index in [9.17, 15) is 14.0 Å². The van der Waals surface area contributed by atoms with Gasteiger partial charge >= 0.3 is 0 Å². The molecule has 0 unspecified atom stereocenters. The number of carbonyl (C=O) groups excluding carboxylic acids is 2. The summed E-state index contributed by atoms with van der Waals surface area (Å²) >= 11 is 5.67. The van der Waals surface area contributed by atoms with E-state index in [4.69, 9.17) is 17.3 Å². The number of halogens is 2. The van der Waals surface area contributed by atoms with E-state index in [0.717, 1.165) is 6.07 Å². The van der Waals surface area contributed by atoms with Crippen LogP contribution in [0.5, 0.6) is 0 Å². The molecular formula is C14H17ClFN3O2. The molecule has 2 amide bonds. The number of hydrogen-bond donors (Lipinski definition) is 1. The van der Waals surface area contributed by atoms with Crippen LogP contribution in [0.15, 0.2) is 18.2 Å². The molecule has 0 aromatic heterocycles. The molecule has 2 N–H and O–H groups in total. The highest BCUT2D eigenvalue weighted by molar-refractivity contribution is 6.30. The van der Waals surface area contributed by atoms with Crippen LogP contribution < -0.4 is 5.73 Å². The lowest BCUT2D eigenvalue weighted by molar-refractivity contribution is -0.133. The van der Waals surface area contributed by atoms with Crippen LogP contribution in [0, 0.1) is 5.82 Å². The Morgan fingerprint density at radius 2 is 1.81 bits per heavy atom. The first kappa shape index (κ1) is 15.7. The number of benzene rings is 1. The number of nitrogens with zero attached hydrogens (tertiary/aromatic N) is 2. The predicted octanol–water partition coefficient (Wildman–Crippen LogP) is 1.11. The van der Waals surface area contributed by atoms with Crippen molar-refractivity contribution in [1.82, 2.24) is 9.80 Å². The van der Waals surface area contributed by atoms with Gasteiger partial charge in [-0.3, -0.25) is 9.59 Å². The zero-order valence-corrected chi connectivity index (χ0v) is 12.4. The van der Waals surface area contributed by atoms with E-state index in [1.165, 1.54) is 17.0 Å². The van der Waals surface area contributed by atoms with Gasteiger partial charge in [0.15, 0.2) is 0 Å². The highest BCUT2D eigenvalue weighted by atomic mass is 35.5. The fraction of sp³-hybridized carbons (Fsp3) is 0.429. The number of rotatable bonds is 2. The monoisotopic (exact) mass is 313 g/mol. The molecule has 1 aliphatic heterocycles. The average Bonchev–Trinajstić information content (AvgIpc) is 2.46. The summed E-state index contributed by atoms with van der Waals surface area (Å²) in [5.74, 6) is -1.17. The van der Waals surface area contributed by atoms with E-state index < -0.39 is 17.8 Å². The molecule has 1 fully saturated rings. The van der Waals surface area contributed by atoms with Crippen LogP contribution in [0.4, 0.5) is 4.39 Å². The zero-order chi connectivity index (χ0) is 15.6. The highest BCUT2D eigenvalue weighted by Crippen LogP contribution is 2.17. The van der Waals surface area contributed by atoms with Crippen LogP contribution in [0.2, 0.25) is 5.02 Å². The van der Waals surface area contributed by atoms with Gasteiger partial charge in [-0.05, 0) is 25.1 Å². The minimum absolute atomic E-state index is 0.00799. The third-order valence-corrected chi connectivity index (χ3v) is 3.66. The van der Waals surface area contributed by atoms with E-state index in [0.29, 0.717) is 26.2 Å². The number of amides is 2. The molecule has 1 aromatic carbocycles. The topological polar surface area (TPSA) is 66.6 Å². The van der Waals surface area contributed by atoms with Gasteiger partial charge in [-0.15, -0.1) is 0 Å². The maximum atomic E-state index is 13.8. The molecule has 2 rings (SSSR count). The maximum Gasteiger partial charge on any atom is 0.256 e. The van der Waals surface area contributed by atoms with E-state index in [2.05, 4.69) is 0 Å². The minimum atomic E-state index is -0.637. The van der Waals surface area contributed by atoms with Gasteiger partial charge < -0.3 is 15.5 Å². The molecular weight excluding hydrogens is 297 g/mol. The number of piperazine rings is 1. The predicted molar refractivity (Wildman–Crippen MR) is 77.5 cm³/mol. The number of nitrogens with two attached hydrogens (primary N) is 1. The fourth-order valence-electron chi connectivity index (χ4n) is 2.25. The third-order valence-electron chi connectivity index (χ3n) is 3.43. The van der Waals surface area contributed by atoms with Gasteiger partial charge in [0.05, 0.1) is 11.6 Å². The van der Waals surface area contributed by atoms with Gasteiger partial charge in [0.2, 0.25) is 5.91 Å². The Kier molecular flexibility index (Phi) is 4.80. The Balaban J connectivity index is 2.02. The molecule has 7 heteroatoms. The molecule has 5 nitrogen and oxygen atoms in total. The highest BCUT2D eigenvalue weighted by Gasteiger charge is 2.27. The SMILES string of the molecule is C[C@@H](N)C(=O)N1CCN(C(=O)c2ccc(Cl)cc2F)CC1. The first-order chi connectivity index (χ1) is 9.90. The smallest absolute Gasteiger partial charge is 0.256 e. The fourth-order valence-corrected chi connectivity index (χ4v) is 2.41. The molecule has 1 aliphatic rings. The van der Waals surface area contributed by atoms with Gasteiger partial charge in [0, 0.05) is 31.2 Å². The van der Waals surface area contributed by atoms with Gasteiger partial charge in [-0.1, -0.05) is 11.6 Å². The largest absolute Gasteiger partial charge is 0.338 e. The minimum Gasteiger partial charge on any atom is -0.338 e. The molecule has 0 bridgehead atoms. The molecule has 0 radical (unpaired) electrons. The van der Waals surface area contributed by atoms with Gasteiger partial charge in [-0.2, -0.15) is 0 Å². The molecule has 1 aromatic rings. The van der Waals surface area contributed by atoms with E-state index in [1.54, 1.807) is 11.8 Å². The van der Waals surface area contributed by atoms with E-state index >= 15 is 0 Å². The summed E-state index contributed by atoms with van der Waals surface area (Å²) in [6.07, 6.45) is 0. The van der Waals surface area contributed by atoms with Crippen LogP contribution in [-0.2, 0) is 4.79 Å². The van der Waals surface area contributed by atoms with Crippen molar-refractivity contribution in [3.63, 3.8) is 0 Å². The Morgan fingerprint density at radius 3 is 2.33 bits per heavy atom. The summed E-state index contributed by atoms with van der Waals surface area (Å²) in [5, 5.41) is 0.247. The average molecular weight is 314 g/mol. The third kappa shape index (κ3) is 3.51. The molecule has 1 atom stereocenters. The Hall–Kier alpha value is -1.66. The lowest BCUT2D eigenvalue weighted by Gasteiger charge is -2.35. The first-order valence-corrected chi connectivity index (χ1v) is 7.06. The van der Waals surface area contributed by atoms with E-state index in [1.807, 2.05) is 0 Å². The maximum absolute atomic E-state index is 13.8. The summed E-state index contributed by atoms with van der Waals surface area (Å²) in [6.45, 7) is 3.16. The van der Waals surface area contributed by atoms with Crippen molar-refractivity contribution < 1.29 is 14.0 Å². The summed E-state index contributed by atoms with van der Waals surface area (Å²) < 4.78 is 13.8. The molecule has 0 saturated carbocycles. The molecule has 21 heavy (non-hydrogen) atoms. The molecule has 1 saturated heterocycles. The van der Waals surface area contributed by atoms with Gasteiger partial charge in [0.25, 0.3) is 5.91 Å². The van der Waals surface area contributed by atoms with E-state index in [-0.39, 0.29) is 16.5 Å². The number of hydrogen-bond acceptors (Lipinski definition) is 3. The summed E-state index contributed by atoms with van der Waals surface area (Å²) in [5.41, 5.74) is 5.54. The molecule has 114 valence electrons. The van der Waals surface area contributed by atoms with Crippen molar-refractivity contribution in [3.8, 4) is 0 Å². The Morgan fingerprint density at radius 1 is 1.24 bits per heavy atom. The molecule has 0 aliphatic carbocycles. The Labute approximate surface area is 127 Å².